The van der Waals surface area contributed by atoms with Crippen molar-refractivity contribution in [2.24, 2.45) is 0 Å². The first-order valence-electron chi connectivity index (χ1n) is 7.47. The fraction of sp³-hybridized carbons (Fsp3) is 0.562. The summed E-state index contributed by atoms with van der Waals surface area (Å²) in [7, 11) is 1.66. The molecule has 1 aromatic carbocycles. The van der Waals surface area contributed by atoms with Gasteiger partial charge in [-0.05, 0) is 50.6 Å². The summed E-state index contributed by atoms with van der Waals surface area (Å²) in [5, 5.41) is 6.54. The van der Waals surface area contributed by atoms with Gasteiger partial charge in [-0.2, -0.15) is 0 Å². The second kappa shape index (κ2) is 8.29. The monoisotopic (exact) mass is 308 g/mol. The molecule has 1 fully saturated rings. The molecule has 0 bridgehead atoms. The van der Waals surface area contributed by atoms with Crippen LogP contribution in [-0.2, 0) is 4.79 Å². The molecule has 21 heavy (non-hydrogen) atoms. The van der Waals surface area contributed by atoms with E-state index < -0.39 is 0 Å². The number of thioether (sulfide) groups is 1. The van der Waals surface area contributed by atoms with Crippen molar-refractivity contribution >= 4 is 17.7 Å². The molecule has 1 amide bonds. The van der Waals surface area contributed by atoms with Crippen LogP contribution in [0.15, 0.2) is 29.2 Å². The van der Waals surface area contributed by atoms with Crippen molar-refractivity contribution in [3.63, 3.8) is 0 Å². The van der Waals surface area contributed by atoms with Crippen molar-refractivity contribution in [3.8, 4) is 5.75 Å². The number of ether oxygens (including phenoxy) is 1. The summed E-state index contributed by atoms with van der Waals surface area (Å²) in [5.74, 6) is 1.82. The lowest BCUT2D eigenvalue weighted by atomic mass is 10.0. The highest BCUT2D eigenvalue weighted by Crippen LogP contribution is 2.21. The number of hydrogen-bond donors (Lipinski definition) is 2. The first-order chi connectivity index (χ1) is 10.2. The fourth-order valence-corrected chi connectivity index (χ4v) is 3.35. The molecule has 1 aliphatic rings. The standard InChI is InChI=1S/C16H24N2O2S/c1-12-11-13(7-9-17-12)18-16(19)8-10-21-15-5-3-14(20-2)4-6-15/h3-6,12-13,17H,7-11H2,1-2H3,(H,18,19). The highest BCUT2D eigenvalue weighted by molar-refractivity contribution is 7.99. The molecule has 4 nitrogen and oxygen atoms in total. The van der Waals surface area contributed by atoms with Crippen LogP contribution in [0.3, 0.4) is 0 Å². The largest absolute Gasteiger partial charge is 0.497 e. The van der Waals surface area contributed by atoms with E-state index in [9.17, 15) is 4.79 Å². The van der Waals surface area contributed by atoms with Crippen molar-refractivity contribution in [2.75, 3.05) is 19.4 Å². The third-order valence-electron chi connectivity index (χ3n) is 3.65. The van der Waals surface area contributed by atoms with Crippen LogP contribution in [0, 0.1) is 0 Å². The molecular weight excluding hydrogens is 284 g/mol. The van der Waals surface area contributed by atoms with E-state index in [1.165, 1.54) is 4.90 Å². The lowest BCUT2D eigenvalue weighted by Gasteiger charge is -2.28. The minimum absolute atomic E-state index is 0.162. The van der Waals surface area contributed by atoms with Crippen LogP contribution in [0.1, 0.15) is 26.2 Å². The van der Waals surface area contributed by atoms with Gasteiger partial charge in [0.05, 0.1) is 7.11 Å². The second-order valence-corrected chi connectivity index (χ2v) is 6.59. The van der Waals surface area contributed by atoms with Crippen LogP contribution < -0.4 is 15.4 Å². The molecule has 0 spiro atoms. The van der Waals surface area contributed by atoms with Crippen molar-refractivity contribution in [1.29, 1.82) is 0 Å². The van der Waals surface area contributed by atoms with Gasteiger partial charge in [-0.25, -0.2) is 0 Å². The number of benzene rings is 1. The molecule has 2 atom stereocenters. The van der Waals surface area contributed by atoms with E-state index >= 15 is 0 Å². The molecule has 5 heteroatoms. The Morgan fingerprint density at radius 1 is 1.43 bits per heavy atom. The topological polar surface area (TPSA) is 50.4 Å². The van der Waals surface area contributed by atoms with Gasteiger partial charge in [0.15, 0.2) is 0 Å². The number of carbonyl (C=O) groups is 1. The van der Waals surface area contributed by atoms with Gasteiger partial charge in [0.2, 0.25) is 5.91 Å². The lowest BCUT2D eigenvalue weighted by Crippen LogP contribution is -2.46. The van der Waals surface area contributed by atoms with E-state index in [2.05, 4.69) is 17.6 Å². The van der Waals surface area contributed by atoms with Gasteiger partial charge in [-0.15, -0.1) is 11.8 Å². The summed E-state index contributed by atoms with van der Waals surface area (Å²) in [5.41, 5.74) is 0. The number of piperidine rings is 1. The molecule has 2 unspecified atom stereocenters. The third-order valence-corrected chi connectivity index (χ3v) is 4.66. The first-order valence-corrected chi connectivity index (χ1v) is 8.45. The molecule has 0 saturated carbocycles. The smallest absolute Gasteiger partial charge is 0.221 e. The Balaban J connectivity index is 1.66. The Bertz CT molecular complexity index is 450. The Hall–Kier alpha value is -1.20. The summed E-state index contributed by atoms with van der Waals surface area (Å²) >= 11 is 1.70. The number of carbonyl (C=O) groups excluding carboxylic acids is 1. The summed E-state index contributed by atoms with van der Waals surface area (Å²) in [6.45, 7) is 3.16. The quantitative estimate of drug-likeness (QED) is 0.793. The molecule has 0 radical (unpaired) electrons. The molecule has 2 N–H and O–H groups in total. The van der Waals surface area contributed by atoms with E-state index in [4.69, 9.17) is 4.74 Å². The van der Waals surface area contributed by atoms with Crippen molar-refractivity contribution < 1.29 is 9.53 Å². The van der Waals surface area contributed by atoms with Crippen LogP contribution in [-0.4, -0.2) is 37.4 Å². The van der Waals surface area contributed by atoms with Crippen molar-refractivity contribution in [2.45, 2.75) is 43.2 Å². The predicted molar refractivity (Wildman–Crippen MR) is 87.0 cm³/mol. The van der Waals surface area contributed by atoms with E-state index in [-0.39, 0.29) is 5.91 Å². The lowest BCUT2D eigenvalue weighted by molar-refractivity contribution is -0.121. The SMILES string of the molecule is COc1ccc(SCCC(=O)NC2CCNC(C)C2)cc1. The average Bonchev–Trinajstić information content (AvgIpc) is 2.48. The van der Waals surface area contributed by atoms with E-state index in [1.54, 1.807) is 18.9 Å². The van der Waals surface area contributed by atoms with Gasteiger partial charge in [0.1, 0.15) is 5.75 Å². The van der Waals surface area contributed by atoms with Gasteiger partial charge >= 0.3 is 0 Å². The number of rotatable bonds is 6. The average molecular weight is 308 g/mol. The molecule has 0 aromatic heterocycles. The Morgan fingerprint density at radius 3 is 2.86 bits per heavy atom. The molecule has 1 saturated heterocycles. The Kier molecular flexibility index (Phi) is 6.39. The number of hydrogen-bond acceptors (Lipinski definition) is 4. The Morgan fingerprint density at radius 2 is 2.19 bits per heavy atom. The number of amides is 1. The normalized spacial score (nSPS) is 21.8. The van der Waals surface area contributed by atoms with Gasteiger partial charge in [-0.1, -0.05) is 0 Å². The molecule has 2 rings (SSSR count). The van der Waals surface area contributed by atoms with Crippen LogP contribution in [0.4, 0.5) is 0 Å². The van der Waals surface area contributed by atoms with Crippen LogP contribution in [0.25, 0.3) is 0 Å². The first kappa shape index (κ1) is 16.2. The molecule has 116 valence electrons. The van der Waals surface area contributed by atoms with E-state index in [1.807, 2.05) is 24.3 Å². The predicted octanol–water partition coefficient (Wildman–Crippen LogP) is 2.43. The van der Waals surface area contributed by atoms with Gasteiger partial charge < -0.3 is 15.4 Å². The molecular formula is C16H24N2O2S. The zero-order valence-corrected chi connectivity index (χ0v) is 13.5. The number of methoxy groups -OCH3 is 1. The summed E-state index contributed by atoms with van der Waals surface area (Å²) in [6, 6.07) is 8.76. The zero-order valence-electron chi connectivity index (χ0n) is 12.7. The van der Waals surface area contributed by atoms with Crippen LogP contribution in [0.5, 0.6) is 5.75 Å². The Labute approximate surface area is 131 Å². The third kappa shape index (κ3) is 5.59. The maximum Gasteiger partial charge on any atom is 0.221 e. The minimum atomic E-state index is 0.162. The minimum Gasteiger partial charge on any atom is -0.497 e. The second-order valence-electron chi connectivity index (χ2n) is 5.42. The summed E-state index contributed by atoms with van der Waals surface area (Å²) < 4.78 is 5.13. The fourth-order valence-electron chi connectivity index (χ4n) is 2.50. The molecule has 1 aliphatic heterocycles. The maximum atomic E-state index is 11.9. The summed E-state index contributed by atoms with van der Waals surface area (Å²) in [4.78, 5) is 13.1. The van der Waals surface area contributed by atoms with E-state index in [0.29, 0.717) is 18.5 Å². The van der Waals surface area contributed by atoms with Gasteiger partial charge in [0, 0.05) is 29.2 Å². The van der Waals surface area contributed by atoms with Crippen molar-refractivity contribution in [1.82, 2.24) is 10.6 Å². The summed E-state index contributed by atoms with van der Waals surface area (Å²) in [6.07, 6.45) is 2.62. The van der Waals surface area contributed by atoms with Gasteiger partial charge in [0.25, 0.3) is 0 Å². The van der Waals surface area contributed by atoms with Crippen LogP contribution >= 0.6 is 11.8 Å². The number of nitrogens with one attached hydrogen (secondary N) is 2. The zero-order chi connectivity index (χ0) is 15.1. The van der Waals surface area contributed by atoms with Gasteiger partial charge in [-0.3, -0.25) is 4.79 Å². The maximum absolute atomic E-state index is 11.9. The van der Waals surface area contributed by atoms with Crippen molar-refractivity contribution in [3.05, 3.63) is 24.3 Å². The molecule has 0 aliphatic carbocycles. The highest BCUT2D eigenvalue weighted by atomic mass is 32.2. The molecule has 1 aromatic rings. The van der Waals surface area contributed by atoms with Crippen LogP contribution in [0.2, 0.25) is 0 Å². The highest BCUT2D eigenvalue weighted by Gasteiger charge is 2.19. The van der Waals surface area contributed by atoms with E-state index in [0.717, 1.165) is 30.9 Å². The molecule has 1 heterocycles.